The summed E-state index contributed by atoms with van der Waals surface area (Å²) in [5.74, 6) is 1.57. The van der Waals surface area contributed by atoms with Crippen molar-refractivity contribution in [2.45, 2.75) is 6.54 Å². The predicted molar refractivity (Wildman–Crippen MR) is 123 cm³/mol. The van der Waals surface area contributed by atoms with Crippen LogP contribution >= 0.6 is 0 Å². The van der Waals surface area contributed by atoms with Crippen LogP contribution in [-0.4, -0.2) is 56.0 Å². The van der Waals surface area contributed by atoms with Gasteiger partial charge in [0.05, 0.1) is 5.52 Å². The molecule has 0 saturated carbocycles. The third-order valence-electron chi connectivity index (χ3n) is 4.61. The SMILES string of the molecule is CN=C(NCCNc1ccc2ccccc2n1)NCc1ccc(C(=O)N(C)C)cc1. The highest BCUT2D eigenvalue weighted by atomic mass is 16.2. The van der Waals surface area contributed by atoms with Crippen LogP contribution in [0.3, 0.4) is 0 Å². The number of amides is 1. The third kappa shape index (κ3) is 5.70. The van der Waals surface area contributed by atoms with Gasteiger partial charge < -0.3 is 20.9 Å². The van der Waals surface area contributed by atoms with Crippen molar-refractivity contribution in [3.8, 4) is 0 Å². The number of rotatable bonds is 7. The number of carbonyl (C=O) groups excluding carboxylic acids is 1. The molecule has 0 spiro atoms. The van der Waals surface area contributed by atoms with Crippen LogP contribution in [0.15, 0.2) is 65.7 Å². The largest absolute Gasteiger partial charge is 0.368 e. The lowest BCUT2D eigenvalue weighted by Gasteiger charge is -2.13. The van der Waals surface area contributed by atoms with Gasteiger partial charge in [0.1, 0.15) is 5.82 Å². The quantitative estimate of drug-likeness (QED) is 0.320. The normalized spacial score (nSPS) is 11.2. The molecule has 2 aromatic carbocycles. The first kappa shape index (κ1) is 21.1. The fourth-order valence-corrected chi connectivity index (χ4v) is 2.97. The molecule has 0 aliphatic rings. The maximum atomic E-state index is 12.0. The molecular formula is C23H28N6O. The summed E-state index contributed by atoms with van der Waals surface area (Å²) in [7, 11) is 5.24. The van der Waals surface area contributed by atoms with Crippen molar-refractivity contribution >= 4 is 28.6 Å². The Morgan fingerprint density at radius 2 is 1.73 bits per heavy atom. The average Bonchev–Trinajstić information content (AvgIpc) is 2.78. The summed E-state index contributed by atoms with van der Waals surface area (Å²) in [6.07, 6.45) is 0. The molecule has 3 rings (SSSR count). The number of nitrogens with zero attached hydrogens (tertiary/aromatic N) is 3. The molecule has 0 unspecified atom stereocenters. The number of carbonyl (C=O) groups is 1. The van der Waals surface area contributed by atoms with Crippen LogP contribution in [0.5, 0.6) is 0 Å². The minimum atomic E-state index is 0.000360. The summed E-state index contributed by atoms with van der Waals surface area (Å²) < 4.78 is 0. The molecule has 30 heavy (non-hydrogen) atoms. The highest BCUT2D eigenvalue weighted by molar-refractivity contribution is 5.93. The van der Waals surface area contributed by atoms with E-state index in [1.807, 2.05) is 48.5 Å². The monoisotopic (exact) mass is 404 g/mol. The highest BCUT2D eigenvalue weighted by Crippen LogP contribution is 2.14. The predicted octanol–water partition coefficient (Wildman–Crippen LogP) is 2.71. The van der Waals surface area contributed by atoms with Gasteiger partial charge in [-0.05, 0) is 35.9 Å². The first-order chi connectivity index (χ1) is 14.6. The molecule has 0 radical (unpaired) electrons. The van der Waals surface area contributed by atoms with Crippen molar-refractivity contribution in [1.29, 1.82) is 0 Å². The molecule has 156 valence electrons. The van der Waals surface area contributed by atoms with Crippen molar-refractivity contribution in [3.63, 3.8) is 0 Å². The minimum absolute atomic E-state index is 0.000360. The van der Waals surface area contributed by atoms with E-state index in [-0.39, 0.29) is 5.91 Å². The molecular weight excluding hydrogens is 376 g/mol. The van der Waals surface area contributed by atoms with Gasteiger partial charge in [-0.1, -0.05) is 30.3 Å². The molecule has 3 N–H and O–H groups in total. The number of nitrogens with one attached hydrogen (secondary N) is 3. The van der Waals surface area contributed by atoms with E-state index in [2.05, 4.69) is 38.1 Å². The zero-order valence-electron chi connectivity index (χ0n) is 17.6. The Labute approximate surface area is 177 Å². The van der Waals surface area contributed by atoms with E-state index in [4.69, 9.17) is 0 Å². The van der Waals surface area contributed by atoms with E-state index in [9.17, 15) is 4.79 Å². The van der Waals surface area contributed by atoms with Crippen LogP contribution in [0.1, 0.15) is 15.9 Å². The topological polar surface area (TPSA) is 81.6 Å². The summed E-state index contributed by atoms with van der Waals surface area (Å²) >= 11 is 0. The molecule has 3 aromatic rings. The Morgan fingerprint density at radius 3 is 2.47 bits per heavy atom. The molecule has 0 atom stereocenters. The van der Waals surface area contributed by atoms with Gasteiger partial charge in [-0.25, -0.2) is 4.98 Å². The van der Waals surface area contributed by atoms with E-state index < -0.39 is 0 Å². The number of para-hydroxylation sites is 1. The fraction of sp³-hybridized carbons (Fsp3) is 0.261. The van der Waals surface area contributed by atoms with E-state index in [1.54, 1.807) is 26.0 Å². The summed E-state index contributed by atoms with van der Waals surface area (Å²) in [6.45, 7) is 2.04. The number of hydrogen-bond acceptors (Lipinski definition) is 4. The molecule has 1 aromatic heterocycles. The lowest BCUT2D eigenvalue weighted by atomic mass is 10.1. The van der Waals surface area contributed by atoms with Gasteiger partial charge in [-0.3, -0.25) is 9.79 Å². The number of anilines is 1. The summed E-state index contributed by atoms with van der Waals surface area (Å²) in [5, 5.41) is 11.0. The number of fused-ring (bicyclic) bond motifs is 1. The second-order valence-electron chi connectivity index (χ2n) is 7.07. The van der Waals surface area contributed by atoms with Gasteiger partial charge in [0, 0.05) is 51.7 Å². The molecule has 0 bridgehead atoms. The summed E-state index contributed by atoms with van der Waals surface area (Å²) in [6, 6.07) is 19.7. The number of hydrogen-bond donors (Lipinski definition) is 3. The maximum Gasteiger partial charge on any atom is 0.253 e. The first-order valence-corrected chi connectivity index (χ1v) is 9.91. The summed E-state index contributed by atoms with van der Waals surface area (Å²) in [5.41, 5.74) is 2.73. The van der Waals surface area contributed by atoms with Gasteiger partial charge in [0.25, 0.3) is 5.91 Å². The summed E-state index contributed by atoms with van der Waals surface area (Å²) in [4.78, 5) is 22.4. The fourth-order valence-electron chi connectivity index (χ4n) is 2.97. The molecule has 0 aliphatic carbocycles. The maximum absolute atomic E-state index is 12.0. The Morgan fingerprint density at radius 1 is 0.967 bits per heavy atom. The van der Waals surface area contributed by atoms with Crippen LogP contribution < -0.4 is 16.0 Å². The standard InChI is InChI=1S/C23H28N6O/c1-24-23(27-16-17-8-10-19(11-9-17)22(30)29(2)3)26-15-14-25-21-13-12-18-6-4-5-7-20(18)28-21/h4-13H,14-16H2,1-3H3,(H,25,28)(H2,24,26,27). The smallest absolute Gasteiger partial charge is 0.253 e. The van der Waals surface area contributed by atoms with Gasteiger partial charge >= 0.3 is 0 Å². The number of guanidine groups is 1. The second-order valence-corrected chi connectivity index (χ2v) is 7.07. The van der Waals surface area contributed by atoms with Crippen molar-refractivity contribution in [3.05, 3.63) is 71.8 Å². The Bertz CT molecular complexity index is 1010. The number of aromatic nitrogens is 1. The van der Waals surface area contributed by atoms with Gasteiger partial charge in [-0.15, -0.1) is 0 Å². The number of benzene rings is 2. The molecule has 0 saturated heterocycles. The average molecular weight is 405 g/mol. The van der Waals surface area contributed by atoms with E-state index in [1.165, 1.54) is 0 Å². The first-order valence-electron chi connectivity index (χ1n) is 9.91. The van der Waals surface area contributed by atoms with Crippen LogP contribution in [0.4, 0.5) is 5.82 Å². The van der Waals surface area contributed by atoms with Gasteiger partial charge in [0.15, 0.2) is 5.96 Å². The molecule has 7 nitrogen and oxygen atoms in total. The molecule has 1 heterocycles. The zero-order chi connectivity index (χ0) is 21.3. The van der Waals surface area contributed by atoms with Crippen LogP contribution in [0, 0.1) is 0 Å². The van der Waals surface area contributed by atoms with Crippen molar-refractivity contribution in [2.24, 2.45) is 4.99 Å². The Balaban J connectivity index is 1.42. The number of aliphatic imine (C=N–C) groups is 1. The minimum Gasteiger partial charge on any atom is -0.368 e. The Kier molecular flexibility index (Phi) is 7.21. The molecule has 0 aliphatic heterocycles. The lowest BCUT2D eigenvalue weighted by Crippen LogP contribution is -2.39. The Hall–Kier alpha value is -3.61. The van der Waals surface area contributed by atoms with Gasteiger partial charge in [0.2, 0.25) is 0 Å². The van der Waals surface area contributed by atoms with E-state index in [0.29, 0.717) is 25.2 Å². The van der Waals surface area contributed by atoms with Crippen LogP contribution in [-0.2, 0) is 6.54 Å². The second kappa shape index (κ2) is 10.2. The van der Waals surface area contributed by atoms with Crippen molar-refractivity contribution < 1.29 is 4.79 Å². The molecule has 0 fully saturated rings. The van der Waals surface area contributed by atoms with E-state index >= 15 is 0 Å². The lowest BCUT2D eigenvalue weighted by molar-refractivity contribution is 0.0827. The zero-order valence-corrected chi connectivity index (χ0v) is 17.6. The van der Waals surface area contributed by atoms with Crippen molar-refractivity contribution in [2.75, 3.05) is 39.5 Å². The van der Waals surface area contributed by atoms with Crippen molar-refractivity contribution in [1.82, 2.24) is 20.5 Å². The molecule has 7 heteroatoms. The molecule has 1 amide bonds. The van der Waals surface area contributed by atoms with Crippen LogP contribution in [0.2, 0.25) is 0 Å². The van der Waals surface area contributed by atoms with E-state index in [0.717, 1.165) is 28.2 Å². The highest BCUT2D eigenvalue weighted by Gasteiger charge is 2.07. The van der Waals surface area contributed by atoms with Crippen LogP contribution in [0.25, 0.3) is 10.9 Å². The van der Waals surface area contributed by atoms with Gasteiger partial charge in [-0.2, -0.15) is 0 Å². The third-order valence-corrected chi connectivity index (χ3v) is 4.61. The number of pyridine rings is 1.